The van der Waals surface area contributed by atoms with Crippen LogP contribution in [-0.4, -0.2) is 5.78 Å². The molecule has 0 bridgehead atoms. The van der Waals surface area contributed by atoms with Crippen LogP contribution in [0, 0.1) is 0 Å². The van der Waals surface area contributed by atoms with E-state index >= 15 is 0 Å². The molecule has 0 unspecified atom stereocenters. The molecular weight excluding hydrogens is 148 g/mol. The van der Waals surface area contributed by atoms with E-state index in [1.54, 1.807) is 6.08 Å². The van der Waals surface area contributed by atoms with Gasteiger partial charge in [-0.05, 0) is 31.8 Å². The lowest BCUT2D eigenvalue weighted by atomic mass is 10.1. The predicted molar refractivity (Wildman–Crippen MR) is 51.0 cm³/mol. The summed E-state index contributed by atoms with van der Waals surface area (Å²) in [5.74, 6) is 0.230. The van der Waals surface area contributed by atoms with Crippen LogP contribution in [0.2, 0.25) is 0 Å². The van der Waals surface area contributed by atoms with Crippen LogP contribution in [0.15, 0.2) is 23.8 Å². The van der Waals surface area contributed by atoms with Crippen molar-refractivity contribution in [2.75, 3.05) is 0 Å². The van der Waals surface area contributed by atoms with E-state index in [1.165, 1.54) is 24.8 Å². The molecule has 1 aliphatic carbocycles. The Kier molecular flexibility index (Phi) is 3.78. The van der Waals surface area contributed by atoms with Gasteiger partial charge in [-0.3, -0.25) is 4.79 Å². The van der Waals surface area contributed by atoms with Gasteiger partial charge in [-0.1, -0.05) is 24.6 Å². The maximum Gasteiger partial charge on any atom is 0.155 e. The highest BCUT2D eigenvalue weighted by Gasteiger charge is 2.01. The van der Waals surface area contributed by atoms with Crippen molar-refractivity contribution in [3.8, 4) is 0 Å². The molecule has 0 radical (unpaired) electrons. The Hall–Kier alpha value is -0.850. The molecule has 0 aromatic heterocycles. The van der Waals surface area contributed by atoms with Crippen LogP contribution < -0.4 is 0 Å². The lowest BCUT2D eigenvalue weighted by Crippen LogP contribution is -1.87. The molecule has 12 heavy (non-hydrogen) atoms. The number of hydrogen-bond acceptors (Lipinski definition) is 1. The number of carbonyl (C=O) groups excluding carboxylic acids is 1. The number of hydrogen-bond donors (Lipinski definition) is 0. The highest BCUT2D eigenvalue weighted by Crippen LogP contribution is 2.20. The SMILES string of the molecule is CCC(=O)C=CCC1=CCCC1. The second-order valence-corrected chi connectivity index (χ2v) is 3.18. The first-order valence-electron chi connectivity index (χ1n) is 4.70. The second kappa shape index (κ2) is 4.91. The van der Waals surface area contributed by atoms with Crippen molar-refractivity contribution in [3.05, 3.63) is 23.8 Å². The molecule has 0 N–H and O–H groups in total. The quantitative estimate of drug-likeness (QED) is 0.461. The van der Waals surface area contributed by atoms with Crippen LogP contribution in [0.1, 0.15) is 39.0 Å². The zero-order chi connectivity index (χ0) is 8.81. The lowest BCUT2D eigenvalue weighted by molar-refractivity contribution is -0.114. The Morgan fingerprint density at radius 1 is 1.67 bits per heavy atom. The van der Waals surface area contributed by atoms with Crippen LogP contribution >= 0.6 is 0 Å². The van der Waals surface area contributed by atoms with Crippen LogP contribution in [0.3, 0.4) is 0 Å². The highest BCUT2D eigenvalue weighted by molar-refractivity contribution is 5.89. The molecule has 0 atom stereocenters. The van der Waals surface area contributed by atoms with Crippen molar-refractivity contribution in [2.45, 2.75) is 39.0 Å². The molecule has 0 aromatic carbocycles. The Balaban J connectivity index is 2.24. The summed E-state index contributed by atoms with van der Waals surface area (Å²) in [5.41, 5.74) is 1.50. The normalized spacial score (nSPS) is 16.9. The largest absolute Gasteiger partial charge is 0.295 e. The van der Waals surface area contributed by atoms with E-state index in [0.717, 1.165) is 6.42 Å². The Bertz CT molecular complexity index is 211. The van der Waals surface area contributed by atoms with Crippen molar-refractivity contribution in [2.24, 2.45) is 0 Å². The van der Waals surface area contributed by atoms with Gasteiger partial charge < -0.3 is 0 Å². The van der Waals surface area contributed by atoms with E-state index < -0.39 is 0 Å². The van der Waals surface area contributed by atoms with Gasteiger partial charge in [0, 0.05) is 6.42 Å². The molecule has 0 saturated carbocycles. The summed E-state index contributed by atoms with van der Waals surface area (Å²) < 4.78 is 0. The van der Waals surface area contributed by atoms with Crippen LogP contribution in [0.25, 0.3) is 0 Å². The Morgan fingerprint density at radius 2 is 2.50 bits per heavy atom. The number of allylic oxidation sites excluding steroid dienone is 4. The fourth-order valence-corrected chi connectivity index (χ4v) is 1.38. The molecule has 0 amide bonds. The average Bonchev–Trinajstić information content (AvgIpc) is 2.57. The third kappa shape index (κ3) is 3.04. The zero-order valence-corrected chi connectivity index (χ0v) is 7.68. The van der Waals surface area contributed by atoms with Crippen molar-refractivity contribution in [1.29, 1.82) is 0 Å². The van der Waals surface area contributed by atoms with Gasteiger partial charge in [-0.15, -0.1) is 0 Å². The van der Waals surface area contributed by atoms with E-state index in [9.17, 15) is 4.79 Å². The minimum absolute atomic E-state index is 0.230. The zero-order valence-electron chi connectivity index (χ0n) is 7.68. The molecule has 0 heterocycles. The smallest absolute Gasteiger partial charge is 0.155 e. The summed E-state index contributed by atoms with van der Waals surface area (Å²) in [7, 11) is 0. The molecule has 66 valence electrons. The molecule has 0 saturated heterocycles. The topological polar surface area (TPSA) is 17.1 Å². The third-order valence-electron chi connectivity index (χ3n) is 2.17. The van der Waals surface area contributed by atoms with Crippen LogP contribution in [0.5, 0.6) is 0 Å². The third-order valence-corrected chi connectivity index (χ3v) is 2.17. The summed E-state index contributed by atoms with van der Waals surface area (Å²) in [6, 6.07) is 0. The number of carbonyl (C=O) groups is 1. The van der Waals surface area contributed by atoms with Crippen LogP contribution in [-0.2, 0) is 4.79 Å². The minimum atomic E-state index is 0.230. The van der Waals surface area contributed by atoms with E-state index in [4.69, 9.17) is 0 Å². The monoisotopic (exact) mass is 164 g/mol. The maximum absolute atomic E-state index is 10.9. The molecule has 0 fully saturated rings. The fraction of sp³-hybridized carbons (Fsp3) is 0.545. The summed E-state index contributed by atoms with van der Waals surface area (Å²) in [6.07, 6.45) is 11.3. The number of rotatable bonds is 4. The molecular formula is C11H16O. The van der Waals surface area contributed by atoms with Crippen molar-refractivity contribution in [3.63, 3.8) is 0 Å². The molecule has 1 rings (SSSR count). The van der Waals surface area contributed by atoms with Gasteiger partial charge in [0.25, 0.3) is 0 Å². The first-order chi connectivity index (χ1) is 5.83. The average molecular weight is 164 g/mol. The van der Waals surface area contributed by atoms with Crippen molar-refractivity contribution >= 4 is 5.78 Å². The van der Waals surface area contributed by atoms with Crippen molar-refractivity contribution < 1.29 is 4.79 Å². The van der Waals surface area contributed by atoms with Gasteiger partial charge in [-0.25, -0.2) is 0 Å². The molecule has 0 spiro atoms. The standard InChI is InChI=1S/C11H16O/c1-2-11(12)9-5-8-10-6-3-4-7-10/h5-6,9H,2-4,7-8H2,1H3. The van der Waals surface area contributed by atoms with Crippen molar-refractivity contribution in [1.82, 2.24) is 0 Å². The Morgan fingerprint density at radius 3 is 3.08 bits per heavy atom. The van der Waals surface area contributed by atoms with Gasteiger partial charge in [0.05, 0.1) is 0 Å². The molecule has 1 heteroatoms. The molecule has 1 aliphatic rings. The van der Waals surface area contributed by atoms with E-state index in [2.05, 4.69) is 6.08 Å². The van der Waals surface area contributed by atoms with Gasteiger partial charge in [0.2, 0.25) is 0 Å². The van der Waals surface area contributed by atoms with Gasteiger partial charge in [-0.2, -0.15) is 0 Å². The first-order valence-corrected chi connectivity index (χ1v) is 4.70. The summed E-state index contributed by atoms with van der Waals surface area (Å²) in [5, 5.41) is 0. The van der Waals surface area contributed by atoms with Crippen LogP contribution in [0.4, 0.5) is 0 Å². The van der Waals surface area contributed by atoms with E-state index in [-0.39, 0.29) is 5.78 Å². The fourth-order valence-electron chi connectivity index (χ4n) is 1.38. The molecule has 0 aromatic rings. The summed E-state index contributed by atoms with van der Waals surface area (Å²) in [6.45, 7) is 1.89. The van der Waals surface area contributed by atoms with Gasteiger partial charge in [0.1, 0.15) is 0 Å². The highest BCUT2D eigenvalue weighted by atomic mass is 16.1. The predicted octanol–water partition coefficient (Wildman–Crippen LogP) is 3.02. The lowest BCUT2D eigenvalue weighted by Gasteiger charge is -1.93. The maximum atomic E-state index is 10.9. The minimum Gasteiger partial charge on any atom is -0.295 e. The van der Waals surface area contributed by atoms with Gasteiger partial charge in [0.15, 0.2) is 5.78 Å². The van der Waals surface area contributed by atoms with E-state index in [0.29, 0.717) is 6.42 Å². The first kappa shape index (κ1) is 9.24. The van der Waals surface area contributed by atoms with E-state index in [1.807, 2.05) is 13.0 Å². The molecule has 0 aliphatic heterocycles. The summed E-state index contributed by atoms with van der Waals surface area (Å²) >= 11 is 0. The summed E-state index contributed by atoms with van der Waals surface area (Å²) in [4.78, 5) is 10.9. The second-order valence-electron chi connectivity index (χ2n) is 3.18. The number of ketones is 1. The Labute approximate surface area is 74.2 Å². The van der Waals surface area contributed by atoms with Gasteiger partial charge >= 0.3 is 0 Å². The molecule has 1 nitrogen and oxygen atoms in total.